The number of hydrogen-bond acceptors (Lipinski definition) is 4. The van der Waals surface area contributed by atoms with Crippen LogP contribution >= 0.6 is 23.2 Å². The van der Waals surface area contributed by atoms with Crippen LogP contribution < -0.4 is 10.1 Å². The van der Waals surface area contributed by atoms with Crippen LogP contribution in [0.1, 0.15) is 27.4 Å². The monoisotopic (exact) mass is 455 g/mol. The number of anilines is 1. The zero-order chi connectivity index (χ0) is 21.8. The molecule has 6 nitrogen and oxygen atoms in total. The van der Waals surface area contributed by atoms with Crippen LogP contribution in [-0.2, 0) is 13.2 Å². The molecule has 4 aromatic rings. The maximum absolute atomic E-state index is 12.6. The van der Waals surface area contributed by atoms with E-state index >= 15 is 0 Å². The number of carbonyl (C=O) groups excluding carboxylic acids is 1. The van der Waals surface area contributed by atoms with Gasteiger partial charge in [-0.2, -0.15) is 5.10 Å². The minimum absolute atomic E-state index is 0.128. The van der Waals surface area contributed by atoms with Crippen LogP contribution in [0.15, 0.2) is 71.3 Å². The molecule has 0 bridgehead atoms. The quantitative estimate of drug-likeness (QED) is 0.372. The Morgan fingerprint density at radius 3 is 2.65 bits per heavy atom. The van der Waals surface area contributed by atoms with Gasteiger partial charge in [0, 0.05) is 6.20 Å². The Morgan fingerprint density at radius 2 is 1.87 bits per heavy atom. The van der Waals surface area contributed by atoms with Gasteiger partial charge in [0.25, 0.3) is 5.91 Å². The summed E-state index contributed by atoms with van der Waals surface area (Å²) >= 11 is 12.4. The van der Waals surface area contributed by atoms with Crippen molar-refractivity contribution >= 4 is 34.9 Å². The van der Waals surface area contributed by atoms with E-state index in [1.165, 1.54) is 0 Å². The molecular weight excluding hydrogens is 437 g/mol. The Labute approximate surface area is 189 Å². The second-order valence-corrected chi connectivity index (χ2v) is 7.72. The highest BCUT2D eigenvalue weighted by Crippen LogP contribution is 2.29. The molecule has 2 aromatic carbocycles. The van der Waals surface area contributed by atoms with Gasteiger partial charge in [-0.1, -0.05) is 65.7 Å². The maximum atomic E-state index is 12.6. The van der Waals surface area contributed by atoms with Crippen molar-refractivity contribution in [3.63, 3.8) is 0 Å². The van der Waals surface area contributed by atoms with Crippen molar-refractivity contribution in [2.75, 3.05) is 5.32 Å². The zero-order valence-electron chi connectivity index (χ0n) is 16.6. The summed E-state index contributed by atoms with van der Waals surface area (Å²) in [6.07, 6.45) is 1.66. The number of hydrogen-bond donors (Lipinski definition) is 1. The summed E-state index contributed by atoms with van der Waals surface area (Å²) < 4.78 is 13.0. The fourth-order valence-corrected chi connectivity index (χ4v) is 3.50. The summed E-state index contributed by atoms with van der Waals surface area (Å²) in [5, 5.41) is 7.88. The normalized spacial score (nSPS) is 10.8. The molecule has 0 unspecified atom stereocenters. The van der Waals surface area contributed by atoms with E-state index in [-0.39, 0.29) is 18.2 Å². The summed E-state index contributed by atoms with van der Waals surface area (Å²) in [5.41, 5.74) is 1.99. The first-order valence-electron chi connectivity index (χ1n) is 9.54. The van der Waals surface area contributed by atoms with E-state index in [9.17, 15) is 4.79 Å². The summed E-state index contributed by atoms with van der Waals surface area (Å²) in [7, 11) is 0. The van der Waals surface area contributed by atoms with E-state index < -0.39 is 5.91 Å². The van der Waals surface area contributed by atoms with Gasteiger partial charge in [0.2, 0.25) is 0 Å². The van der Waals surface area contributed by atoms with E-state index in [0.717, 1.165) is 11.1 Å². The molecule has 2 aromatic heterocycles. The van der Waals surface area contributed by atoms with E-state index in [4.69, 9.17) is 32.4 Å². The molecular formula is C23H19Cl2N3O3. The van der Waals surface area contributed by atoms with E-state index in [0.29, 0.717) is 28.1 Å². The fourth-order valence-electron chi connectivity index (χ4n) is 3.02. The van der Waals surface area contributed by atoms with Crippen molar-refractivity contribution in [2.45, 2.75) is 20.1 Å². The topological polar surface area (TPSA) is 69.3 Å². The number of nitrogens with one attached hydrogen (secondary N) is 1. The predicted octanol–water partition coefficient (Wildman–Crippen LogP) is 5.97. The molecule has 0 spiro atoms. The lowest BCUT2D eigenvalue weighted by Gasteiger charge is -2.09. The van der Waals surface area contributed by atoms with Crippen LogP contribution in [0, 0.1) is 6.92 Å². The summed E-state index contributed by atoms with van der Waals surface area (Å²) in [4.78, 5) is 12.6. The van der Waals surface area contributed by atoms with Crippen LogP contribution in [0.25, 0.3) is 0 Å². The lowest BCUT2D eigenvalue weighted by atomic mass is 10.2. The minimum atomic E-state index is -0.452. The van der Waals surface area contributed by atoms with Crippen molar-refractivity contribution in [1.29, 1.82) is 0 Å². The van der Waals surface area contributed by atoms with Crippen molar-refractivity contribution < 1.29 is 13.9 Å². The molecule has 0 aliphatic heterocycles. The van der Waals surface area contributed by atoms with E-state index in [1.54, 1.807) is 29.1 Å². The molecule has 0 fully saturated rings. The lowest BCUT2D eigenvalue weighted by molar-refractivity contribution is 0.0992. The van der Waals surface area contributed by atoms with E-state index in [1.807, 2.05) is 49.4 Å². The number of furan rings is 1. The van der Waals surface area contributed by atoms with Crippen LogP contribution in [0.4, 0.5) is 5.82 Å². The number of para-hydroxylation sites is 1. The molecule has 158 valence electrons. The Morgan fingerprint density at radius 1 is 1.06 bits per heavy atom. The number of ether oxygens (including phenoxy) is 1. The van der Waals surface area contributed by atoms with Crippen molar-refractivity contribution in [1.82, 2.24) is 9.78 Å². The zero-order valence-corrected chi connectivity index (χ0v) is 18.2. The Hall–Kier alpha value is -3.22. The highest BCUT2D eigenvalue weighted by Gasteiger charge is 2.16. The summed E-state index contributed by atoms with van der Waals surface area (Å²) in [6.45, 7) is 2.59. The van der Waals surface area contributed by atoms with Gasteiger partial charge in [-0.25, -0.2) is 0 Å². The third-order valence-electron chi connectivity index (χ3n) is 4.54. The van der Waals surface area contributed by atoms with Gasteiger partial charge in [0.15, 0.2) is 11.6 Å². The Bertz CT molecular complexity index is 1180. The van der Waals surface area contributed by atoms with Crippen LogP contribution in [0.5, 0.6) is 5.75 Å². The van der Waals surface area contributed by atoms with Crippen LogP contribution in [0.3, 0.4) is 0 Å². The molecule has 0 saturated carbocycles. The number of amides is 1. The van der Waals surface area contributed by atoms with Crippen molar-refractivity contribution in [3.8, 4) is 5.75 Å². The lowest BCUT2D eigenvalue weighted by Crippen LogP contribution is -2.12. The van der Waals surface area contributed by atoms with E-state index in [2.05, 4.69) is 10.4 Å². The molecule has 0 radical (unpaired) electrons. The number of halogens is 2. The first kappa shape index (κ1) is 21.0. The van der Waals surface area contributed by atoms with Crippen LogP contribution in [0.2, 0.25) is 10.0 Å². The molecule has 4 rings (SSSR count). The SMILES string of the molecule is Cc1cccc(Cl)c1OCc1ccc(C(=O)Nc2nn(Cc3ccccc3)cc2Cl)o1. The Balaban J connectivity index is 1.39. The molecule has 0 saturated heterocycles. The highest BCUT2D eigenvalue weighted by molar-refractivity contribution is 6.33. The third kappa shape index (κ3) is 5.10. The molecule has 1 amide bonds. The molecule has 31 heavy (non-hydrogen) atoms. The average molecular weight is 456 g/mol. The van der Waals surface area contributed by atoms with Gasteiger partial charge in [-0.05, 0) is 36.2 Å². The summed E-state index contributed by atoms with van der Waals surface area (Å²) in [6, 6.07) is 18.6. The molecule has 8 heteroatoms. The summed E-state index contributed by atoms with van der Waals surface area (Å²) in [5.74, 6) is 1.02. The maximum Gasteiger partial charge on any atom is 0.292 e. The highest BCUT2D eigenvalue weighted by atomic mass is 35.5. The van der Waals surface area contributed by atoms with Crippen LogP contribution in [-0.4, -0.2) is 15.7 Å². The number of carbonyl (C=O) groups is 1. The van der Waals surface area contributed by atoms with Gasteiger partial charge in [0.1, 0.15) is 23.1 Å². The molecule has 2 heterocycles. The van der Waals surface area contributed by atoms with Gasteiger partial charge < -0.3 is 14.5 Å². The number of nitrogens with zero attached hydrogens (tertiary/aromatic N) is 2. The molecule has 0 aliphatic carbocycles. The standard InChI is InChI=1S/C23H19Cl2N3O3/c1-15-6-5-9-18(24)21(15)30-14-17-10-11-20(31-17)23(29)26-22-19(25)13-28(27-22)12-16-7-3-2-4-8-16/h2-11,13H,12,14H2,1H3,(H,26,27,29). The number of rotatable bonds is 7. The van der Waals surface area contributed by atoms with Gasteiger partial charge in [-0.3, -0.25) is 9.48 Å². The first-order valence-corrected chi connectivity index (χ1v) is 10.3. The molecule has 1 N–H and O–H groups in total. The fraction of sp³-hybridized carbons (Fsp3) is 0.130. The predicted molar refractivity (Wildman–Crippen MR) is 120 cm³/mol. The largest absolute Gasteiger partial charge is 0.484 e. The Kier molecular flexibility index (Phi) is 6.30. The van der Waals surface area contributed by atoms with Crippen molar-refractivity contribution in [3.05, 3.63) is 99.6 Å². The number of aromatic nitrogens is 2. The second kappa shape index (κ2) is 9.29. The van der Waals surface area contributed by atoms with Gasteiger partial charge in [-0.15, -0.1) is 0 Å². The second-order valence-electron chi connectivity index (χ2n) is 6.90. The molecule has 0 atom stereocenters. The first-order chi connectivity index (χ1) is 15.0. The van der Waals surface area contributed by atoms with Gasteiger partial charge >= 0.3 is 0 Å². The average Bonchev–Trinajstić information content (AvgIpc) is 3.35. The third-order valence-corrected chi connectivity index (χ3v) is 5.12. The number of aryl methyl sites for hydroxylation is 1. The molecule has 0 aliphatic rings. The smallest absolute Gasteiger partial charge is 0.292 e. The minimum Gasteiger partial charge on any atom is -0.484 e. The van der Waals surface area contributed by atoms with Crippen molar-refractivity contribution in [2.24, 2.45) is 0 Å². The van der Waals surface area contributed by atoms with Gasteiger partial charge in [0.05, 0.1) is 11.6 Å². The number of benzene rings is 2.